The van der Waals surface area contributed by atoms with Crippen LogP contribution in [0.1, 0.15) is 18.4 Å². The van der Waals surface area contributed by atoms with Crippen LogP contribution in [0, 0.1) is 18.6 Å². The maximum atomic E-state index is 13.3. The van der Waals surface area contributed by atoms with Crippen molar-refractivity contribution < 1.29 is 23.2 Å². The fourth-order valence-electron chi connectivity index (χ4n) is 2.68. The maximum Gasteiger partial charge on any atom is 0.271 e. The highest BCUT2D eigenvalue weighted by atomic mass is 19.1. The molecule has 2 N–H and O–H groups in total. The van der Waals surface area contributed by atoms with Crippen LogP contribution in [0.15, 0.2) is 47.6 Å². The number of amides is 3. The average Bonchev–Trinajstić information content (AvgIpc) is 2.68. The number of aryl methyl sites for hydroxylation is 1. The number of hydrogen-bond acceptors (Lipinski definition) is 4. The lowest BCUT2D eigenvalue weighted by atomic mass is 10.1. The number of nitrogens with one attached hydrogen (secondary N) is 2. The molecule has 3 amide bonds. The van der Waals surface area contributed by atoms with E-state index in [0.29, 0.717) is 16.9 Å². The SMILES string of the molecule is Cc1cc(NC(=O)CN2N=C(C(=O)Nc3ccc(F)cc3)CCC2=O)ccc1F. The molecule has 29 heavy (non-hydrogen) atoms. The summed E-state index contributed by atoms with van der Waals surface area (Å²) in [5, 5.41) is 10.0. The minimum absolute atomic E-state index is 0.0264. The molecule has 1 aliphatic rings. The summed E-state index contributed by atoms with van der Waals surface area (Å²) >= 11 is 0. The van der Waals surface area contributed by atoms with Gasteiger partial charge in [-0.25, -0.2) is 13.8 Å². The van der Waals surface area contributed by atoms with Crippen LogP contribution >= 0.6 is 0 Å². The Balaban J connectivity index is 1.65. The Kier molecular flexibility index (Phi) is 5.96. The zero-order chi connectivity index (χ0) is 21.0. The normalized spacial score (nSPS) is 13.7. The lowest BCUT2D eigenvalue weighted by Crippen LogP contribution is -2.40. The smallest absolute Gasteiger partial charge is 0.271 e. The fourth-order valence-corrected chi connectivity index (χ4v) is 2.68. The van der Waals surface area contributed by atoms with Gasteiger partial charge < -0.3 is 10.6 Å². The Morgan fingerprint density at radius 1 is 1.03 bits per heavy atom. The van der Waals surface area contributed by atoms with Gasteiger partial charge in [-0.1, -0.05) is 0 Å². The van der Waals surface area contributed by atoms with Gasteiger partial charge in [0.1, 0.15) is 23.9 Å². The molecule has 150 valence electrons. The second-order valence-corrected chi connectivity index (χ2v) is 6.47. The first kappa shape index (κ1) is 20.1. The minimum atomic E-state index is -0.538. The van der Waals surface area contributed by atoms with E-state index in [0.717, 1.165) is 5.01 Å². The topological polar surface area (TPSA) is 90.9 Å². The molecule has 0 atom stereocenters. The number of carbonyl (C=O) groups excluding carboxylic acids is 3. The molecule has 0 fully saturated rings. The molecule has 0 radical (unpaired) electrons. The second-order valence-electron chi connectivity index (χ2n) is 6.47. The van der Waals surface area contributed by atoms with Gasteiger partial charge in [-0.15, -0.1) is 0 Å². The Morgan fingerprint density at radius 2 is 1.72 bits per heavy atom. The third-order valence-electron chi connectivity index (χ3n) is 4.20. The lowest BCUT2D eigenvalue weighted by Gasteiger charge is -2.22. The Hall–Kier alpha value is -3.62. The van der Waals surface area contributed by atoms with Gasteiger partial charge in [0.15, 0.2) is 0 Å². The third-order valence-corrected chi connectivity index (χ3v) is 4.20. The molecular formula is C20H18F2N4O3. The molecule has 2 aromatic carbocycles. The van der Waals surface area contributed by atoms with Crippen LogP contribution in [0.25, 0.3) is 0 Å². The van der Waals surface area contributed by atoms with Gasteiger partial charge in [0.05, 0.1) is 0 Å². The molecule has 0 saturated heterocycles. The predicted molar refractivity (Wildman–Crippen MR) is 103 cm³/mol. The molecule has 0 saturated carbocycles. The molecule has 2 aromatic rings. The number of anilines is 2. The first-order valence-electron chi connectivity index (χ1n) is 8.82. The quantitative estimate of drug-likeness (QED) is 0.809. The average molecular weight is 400 g/mol. The first-order valence-corrected chi connectivity index (χ1v) is 8.82. The number of hydrazone groups is 1. The van der Waals surface area contributed by atoms with Crippen LogP contribution in [-0.2, 0) is 14.4 Å². The number of carbonyl (C=O) groups is 3. The zero-order valence-corrected chi connectivity index (χ0v) is 15.5. The fraction of sp³-hybridized carbons (Fsp3) is 0.200. The molecule has 0 bridgehead atoms. The summed E-state index contributed by atoms with van der Waals surface area (Å²) in [4.78, 5) is 36.6. The highest BCUT2D eigenvalue weighted by Crippen LogP contribution is 2.15. The molecule has 1 aliphatic heterocycles. The molecule has 1 heterocycles. The number of halogens is 2. The first-order chi connectivity index (χ1) is 13.8. The van der Waals surface area contributed by atoms with Crippen LogP contribution in [0.5, 0.6) is 0 Å². The molecule has 9 heteroatoms. The Bertz CT molecular complexity index is 990. The number of benzene rings is 2. The summed E-state index contributed by atoms with van der Waals surface area (Å²) in [6.45, 7) is 1.18. The minimum Gasteiger partial charge on any atom is -0.324 e. The van der Waals surface area contributed by atoms with Crippen molar-refractivity contribution in [1.82, 2.24) is 5.01 Å². The summed E-state index contributed by atoms with van der Waals surface area (Å²) in [7, 11) is 0. The molecule has 7 nitrogen and oxygen atoms in total. The van der Waals surface area contributed by atoms with E-state index in [1.165, 1.54) is 42.5 Å². The van der Waals surface area contributed by atoms with Crippen molar-refractivity contribution >= 4 is 34.8 Å². The highest BCUT2D eigenvalue weighted by molar-refractivity contribution is 6.43. The van der Waals surface area contributed by atoms with Crippen molar-refractivity contribution in [2.75, 3.05) is 17.2 Å². The van der Waals surface area contributed by atoms with E-state index in [9.17, 15) is 23.2 Å². The molecule has 0 spiro atoms. The van der Waals surface area contributed by atoms with Crippen LogP contribution in [0.3, 0.4) is 0 Å². The number of nitrogens with zero attached hydrogens (tertiary/aromatic N) is 2. The van der Waals surface area contributed by atoms with Crippen molar-refractivity contribution in [2.45, 2.75) is 19.8 Å². The monoisotopic (exact) mass is 400 g/mol. The van der Waals surface area contributed by atoms with Gasteiger partial charge in [0.25, 0.3) is 5.91 Å². The van der Waals surface area contributed by atoms with E-state index in [4.69, 9.17) is 0 Å². The second kappa shape index (κ2) is 8.59. The predicted octanol–water partition coefficient (Wildman–Crippen LogP) is 2.83. The molecule has 0 aromatic heterocycles. The molecule has 0 unspecified atom stereocenters. The van der Waals surface area contributed by atoms with E-state index in [1.54, 1.807) is 6.92 Å². The van der Waals surface area contributed by atoms with Gasteiger partial charge in [-0.3, -0.25) is 14.4 Å². The molecule has 3 rings (SSSR count). The zero-order valence-electron chi connectivity index (χ0n) is 15.5. The number of rotatable bonds is 5. The van der Waals surface area contributed by atoms with Crippen molar-refractivity contribution in [1.29, 1.82) is 0 Å². The Morgan fingerprint density at radius 3 is 2.41 bits per heavy atom. The molecule has 0 aliphatic carbocycles. The summed E-state index contributed by atoms with van der Waals surface area (Å²) in [5.41, 5.74) is 1.22. The molecular weight excluding hydrogens is 382 g/mol. The standard InChI is InChI=1S/C20H18F2N4O3/c1-12-10-15(6-7-16(12)22)23-18(27)11-26-19(28)9-8-17(25-26)20(29)24-14-4-2-13(21)3-5-14/h2-7,10H,8-9,11H2,1H3,(H,23,27)(H,24,29). The summed E-state index contributed by atoms with van der Waals surface area (Å²) < 4.78 is 26.3. The van der Waals surface area contributed by atoms with E-state index >= 15 is 0 Å². The Labute approximate surface area is 165 Å². The van der Waals surface area contributed by atoms with Crippen LogP contribution < -0.4 is 10.6 Å². The third kappa shape index (κ3) is 5.22. The van der Waals surface area contributed by atoms with Gasteiger partial charge in [0, 0.05) is 24.2 Å². The lowest BCUT2D eigenvalue weighted by molar-refractivity contribution is -0.135. The largest absolute Gasteiger partial charge is 0.324 e. The van der Waals surface area contributed by atoms with E-state index in [1.807, 2.05) is 0 Å². The van der Waals surface area contributed by atoms with Crippen LogP contribution in [0.2, 0.25) is 0 Å². The number of hydrogen-bond donors (Lipinski definition) is 2. The summed E-state index contributed by atoms with van der Waals surface area (Å²) in [5.74, 6) is -2.29. The summed E-state index contributed by atoms with van der Waals surface area (Å²) in [6.07, 6.45) is 0.153. The van der Waals surface area contributed by atoms with E-state index in [-0.39, 0.29) is 25.1 Å². The van der Waals surface area contributed by atoms with E-state index < -0.39 is 29.4 Å². The van der Waals surface area contributed by atoms with Crippen LogP contribution in [-0.4, -0.2) is 35.0 Å². The van der Waals surface area contributed by atoms with Gasteiger partial charge in [-0.2, -0.15) is 5.10 Å². The van der Waals surface area contributed by atoms with Crippen molar-refractivity contribution in [2.24, 2.45) is 5.10 Å². The van der Waals surface area contributed by atoms with Gasteiger partial charge in [0.2, 0.25) is 11.8 Å². The van der Waals surface area contributed by atoms with Crippen molar-refractivity contribution in [3.63, 3.8) is 0 Å². The van der Waals surface area contributed by atoms with E-state index in [2.05, 4.69) is 15.7 Å². The van der Waals surface area contributed by atoms with Crippen molar-refractivity contribution in [3.05, 3.63) is 59.7 Å². The van der Waals surface area contributed by atoms with Gasteiger partial charge >= 0.3 is 0 Å². The van der Waals surface area contributed by atoms with Crippen LogP contribution in [0.4, 0.5) is 20.2 Å². The maximum absolute atomic E-state index is 13.3. The van der Waals surface area contributed by atoms with Gasteiger partial charge in [-0.05, 0) is 55.0 Å². The highest BCUT2D eigenvalue weighted by Gasteiger charge is 2.26. The summed E-state index contributed by atoms with van der Waals surface area (Å²) in [6, 6.07) is 9.31. The van der Waals surface area contributed by atoms with Crippen molar-refractivity contribution in [3.8, 4) is 0 Å².